The molecule has 3 N–H and O–H groups in total. The molecule has 0 fully saturated rings. The van der Waals surface area contributed by atoms with E-state index in [0.29, 0.717) is 17.1 Å². The molecular formula is C23H21N3O3. The zero-order chi connectivity index (χ0) is 20.5. The number of urea groups is 1. The predicted octanol–water partition coefficient (Wildman–Crippen LogP) is 4.99. The van der Waals surface area contributed by atoms with E-state index < -0.39 is 0 Å². The zero-order valence-corrected chi connectivity index (χ0v) is 15.9. The number of amides is 3. The van der Waals surface area contributed by atoms with Gasteiger partial charge in [-0.15, -0.1) is 0 Å². The number of carbonyl (C=O) groups is 2. The van der Waals surface area contributed by atoms with Gasteiger partial charge in [-0.2, -0.15) is 0 Å². The highest BCUT2D eigenvalue weighted by Gasteiger charge is 2.03. The fourth-order valence-corrected chi connectivity index (χ4v) is 2.52. The van der Waals surface area contributed by atoms with E-state index in [1.54, 1.807) is 49.6 Å². The molecule has 0 heterocycles. The standard InChI is InChI=1S/C23H21N3O3/c1-29-21-14-7-17(8-15-21)9-16-22(27)24-19-10-12-20(13-11-19)26-23(28)25-18-5-3-2-4-6-18/h2-16H,1H3,(H,24,27)(H2,25,26,28). The summed E-state index contributed by atoms with van der Waals surface area (Å²) in [6.07, 6.45) is 3.18. The average Bonchev–Trinajstić information content (AvgIpc) is 2.75. The van der Waals surface area contributed by atoms with Crippen molar-refractivity contribution >= 4 is 35.1 Å². The van der Waals surface area contributed by atoms with E-state index in [1.165, 1.54) is 6.08 Å². The van der Waals surface area contributed by atoms with E-state index in [2.05, 4.69) is 16.0 Å². The van der Waals surface area contributed by atoms with Gasteiger partial charge in [0.1, 0.15) is 5.75 Å². The van der Waals surface area contributed by atoms with Gasteiger partial charge in [0.2, 0.25) is 5.91 Å². The molecule has 0 aromatic heterocycles. The summed E-state index contributed by atoms with van der Waals surface area (Å²) in [6, 6.07) is 23.1. The summed E-state index contributed by atoms with van der Waals surface area (Å²) in [5, 5.41) is 8.26. The van der Waals surface area contributed by atoms with Crippen molar-refractivity contribution < 1.29 is 14.3 Å². The maximum atomic E-state index is 12.1. The molecule has 0 radical (unpaired) electrons. The van der Waals surface area contributed by atoms with E-state index in [0.717, 1.165) is 11.3 Å². The molecule has 0 spiro atoms. The van der Waals surface area contributed by atoms with Crippen LogP contribution in [0, 0.1) is 0 Å². The van der Waals surface area contributed by atoms with Crippen molar-refractivity contribution in [2.45, 2.75) is 0 Å². The summed E-state index contributed by atoms with van der Waals surface area (Å²) in [7, 11) is 1.61. The van der Waals surface area contributed by atoms with Crippen molar-refractivity contribution in [1.82, 2.24) is 0 Å². The van der Waals surface area contributed by atoms with Crippen molar-refractivity contribution in [3.05, 3.63) is 90.5 Å². The Morgan fingerprint density at radius 3 is 1.86 bits per heavy atom. The SMILES string of the molecule is COc1ccc(C=CC(=O)Nc2ccc(NC(=O)Nc3ccccc3)cc2)cc1. The Morgan fingerprint density at radius 2 is 1.28 bits per heavy atom. The monoisotopic (exact) mass is 387 g/mol. The van der Waals surface area contributed by atoms with E-state index in [1.807, 2.05) is 42.5 Å². The number of carbonyl (C=O) groups excluding carboxylic acids is 2. The fourth-order valence-electron chi connectivity index (χ4n) is 2.52. The smallest absolute Gasteiger partial charge is 0.323 e. The number of ether oxygens (including phenoxy) is 1. The van der Waals surface area contributed by atoms with Gasteiger partial charge in [0.05, 0.1) is 7.11 Å². The number of methoxy groups -OCH3 is 1. The van der Waals surface area contributed by atoms with E-state index >= 15 is 0 Å². The summed E-state index contributed by atoms with van der Waals surface area (Å²) < 4.78 is 5.10. The van der Waals surface area contributed by atoms with Crippen LogP contribution in [0.4, 0.5) is 21.9 Å². The Balaban J connectivity index is 1.50. The third-order valence-corrected chi connectivity index (χ3v) is 3.98. The normalized spacial score (nSPS) is 10.4. The number of benzene rings is 3. The Kier molecular flexibility index (Phi) is 6.62. The zero-order valence-electron chi connectivity index (χ0n) is 15.9. The van der Waals surface area contributed by atoms with Crippen LogP contribution in [0.3, 0.4) is 0 Å². The summed E-state index contributed by atoms with van der Waals surface area (Å²) in [4.78, 5) is 24.1. The molecule has 6 heteroatoms. The van der Waals surface area contributed by atoms with Gasteiger partial charge in [0.25, 0.3) is 0 Å². The molecule has 0 unspecified atom stereocenters. The lowest BCUT2D eigenvalue weighted by Gasteiger charge is -2.08. The van der Waals surface area contributed by atoms with Crippen molar-refractivity contribution in [2.24, 2.45) is 0 Å². The predicted molar refractivity (Wildman–Crippen MR) is 116 cm³/mol. The molecular weight excluding hydrogens is 366 g/mol. The van der Waals surface area contributed by atoms with Crippen LogP contribution in [-0.2, 0) is 4.79 Å². The number of para-hydroxylation sites is 1. The Hall–Kier alpha value is -4.06. The first kappa shape index (κ1) is 19.7. The van der Waals surface area contributed by atoms with Crippen LogP contribution in [-0.4, -0.2) is 19.0 Å². The van der Waals surface area contributed by atoms with Crippen LogP contribution in [0.25, 0.3) is 6.08 Å². The van der Waals surface area contributed by atoms with Crippen LogP contribution >= 0.6 is 0 Å². The molecule has 29 heavy (non-hydrogen) atoms. The third kappa shape index (κ3) is 6.25. The lowest BCUT2D eigenvalue weighted by Crippen LogP contribution is -2.19. The topological polar surface area (TPSA) is 79.5 Å². The molecule has 0 bridgehead atoms. The molecule has 146 valence electrons. The highest BCUT2D eigenvalue weighted by Crippen LogP contribution is 2.15. The average molecular weight is 387 g/mol. The quantitative estimate of drug-likeness (QED) is 0.521. The molecule has 0 saturated heterocycles. The Bertz CT molecular complexity index is 982. The summed E-state index contributed by atoms with van der Waals surface area (Å²) in [6.45, 7) is 0. The Morgan fingerprint density at radius 1 is 0.724 bits per heavy atom. The first-order valence-corrected chi connectivity index (χ1v) is 8.98. The van der Waals surface area contributed by atoms with Gasteiger partial charge in [-0.3, -0.25) is 4.79 Å². The number of anilines is 3. The molecule has 0 atom stereocenters. The molecule has 0 aliphatic rings. The van der Waals surface area contributed by atoms with Crippen LogP contribution in [0.1, 0.15) is 5.56 Å². The van der Waals surface area contributed by atoms with Crippen LogP contribution in [0.5, 0.6) is 5.75 Å². The van der Waals surface area contributed by atoms with Crippen molar-refractivity contribution in [2.75, 3.05) is 23.1 Å². The first-order valence-electron chi connectivity index (χ1n) is 8.98. The van der Waals surface area contributed by atoms with Gasteiger partial charge in [0.15, 0.2) is 0 Å². The van der Waals surface area contributed by atoms with Crippen molar-refractivity contribution in [1.29, 1.82) is 0 Å². The van der Waals surface area contributed by atoms with E-state index in [-0.39, 0.29) is 11.9 Å². The van der Waals surface area contributed by atoms with E-state index in [4.69, 9.17) is 4.74 Å². The van der Waals surface area contributed by atoms with Gasteiger partial charge < -0.3 is 20.7 Å². The molecule has 0 saturated carbocycles. The van der Waals surface area contributed by atoms with Crippen molar-refractivity contribution in [3.8, 4) is 5.75 Å². The van der Waals surface area contributed by atoms with Gasteiger partial charge in [-0.25, -0.2) is 4.79 Å². The second-order valence-corrected chi connectivity index (χ2v) is 6.12. The van der Waals surface area contributed by atoms with Crippen LogP contribution in [0.15, 0.2) is 84.9 Å². The number of hydrogen-bond acceptors (Lipinski definition) is 3. The molecule has 3 aromatic carbocycles. The first-order chi connectivity index (χ1) is 14.1. The highest BCUT2D eigenvalue weighted by atomic mass is 16.5. The maximum Gasteiger partial charge on any atom is 0.323 e. The number of hydrogen-bond donors (Lipinski definition) is 3. The van der Waals surface area contributed by atoms with Gasteiger partial charge in [-0.05, 0) is 60.2 Å². The van der Waals surface area contributed by atoms with E-state index in [9.17, 15) is 9.59 Å². The van der Waals surface area contributed by atoms with Crippen molar-refractivity contribution in [3.63, 3.8) is 0 Å². The molecule has 3 amide bonds. The molecule has 6 nitrogen and oxygen atoms in total. The highest BCUT2D eigenvalue weighted by molar-refractivity contribution is 6.02. The van der Waals surface area contributed by atoms with Crippen LogP contribution < -0.4 is 20.7 Å². The minimum absolute atomic E-state index is 0.247. The summed E-state index contributed by atoms with van der Waals surface area (Å²) >= 11 is 0. The third-order valence-electron chi connectivity index (χ3n) is 3.98. The Labute approximate surface area is 169 Å². The van der Waals surface area contributed by atoms with Gasteiger partial charge >= 0.3 is 6.03 Å². The number of nitrogens with one attached hydrogen (secondary N) is 3. The lowest BCUT2D eigenvalue weighted by molar-refractivity contribution is -0.111. The van der Waals surface area contributed by atoms with Gasteiger partial charge in [-0.1, -0.05) is 30.3 Å². The molecule has 3 aromatic rings. The fraction of sp³-hybridized carbons (Fsp3) is 0.0435. The van der Waals surface area contributed by atoms with Gasteiger partial charge in [0, 0.05) is 23.1 Å². The maximum absolute atomic E-state index is 12.1. The summed E-state index contributed by atoms with van der Waals surface area (Å²) in [5.41, 5.74) is 2.84. The second-order valence-electron chi connectivity index (χ2n) is 6.12. The minimum atomic E-state index is -0.338. The molecule has 3 rings (SSSR count). The lowest BCUT2D eigenvalue weighted by atomic mass is 10.2. The molecule has 0 aliphatic heterocycles. The number of rotatable bonds is 6. The minimum Gasteiger partial charge on any atom is -0.497 e. The second kappa shape index (κ2) is 9.75. The largest absolute Gasteiger partial charge is 0.497 e. The molecule has 0 aliphatic carbocycles. The summed E-state index contributed by atoms with van der Waals surface area (Å²) in [5.74, 6) is 0.515. The van der Waals surface area contributed by atoms with Crippen LogP contribution in [0.2, 0.25) is 0 Å².